The van der Waals surface area contributed by atoms with Gasteiger partial charge in [0.1, 0.15) is 17.8 Å². The molecule has 4 amide bonds. The molecule has 2 heterocycles. The van der Waals surface area contributed by atoms with E-state index >= 15 is 0 Å². The molecule has 1 unspecified atom stereocenters. The number of carbonyl (C=O) groups is 3. The Bertz CT molecular complexity index is 837. The predicted molar refractivity (Wildman–Crippen MR) is 98.2 cm³/mol. The molecule has 0 bridgehead atoms. The van der Waals surface area contributed by atoms with Crippen LogP contribution in [-0.2, 0) is 15.1 Å². The number of para-hydroxylation sites is 2. The van der Waals surface area contributed by atoms with Gasteiger partial charge in [-0.1, -0.05) is 12.1 Å². The van der Waals surface area contributed by atoms with Crippen LogP contribution in [0, 0.1) is 0 Å². The summed E-state index contributed by atoms with van der Waals surface area (Å²) in [6, 6.07) is 8.19. The van der Waals surface area contributed by atoms with Crippen molar-refractivity contribution in [1.82, 2.24) is 10.2 Å². The number of amides is 4. The lowest BCUT2D eigenvalue weighted by atomic mass is 9.95. The lowest BCUT2D eigenvalue weighted by Crippen LogP contribution is -2.41. The van der Waals surface area contributed by atoms with Crippen LogP contribution >= 0.6 is 11.3 Å². The van der Waals surface area contributed by atoms with Gasteiger partial charge in [-0.15, -0.1) is 0 Å². The second-order valence-corrected chi connectivity index (χ2v) is 6.72. The summed E-state index contributed by atoms with van der Waals surface area (Å²) in [5, 5.41) is 9.00. The van der Waals surface area contributed by atoms with Crippen molar-refractivity contribution < 1.29 is 19.1 Å². The van der Waals surface area contributed by atoms with Crippen molar-refractivity contribution in [1.29, 1.82) is 0 Å². The van der Waals surface area contributed by atoms with Crippen LogP contribution in [0.15, 0.2) is 41.1 Å². The van der Waals surface area contributed by atoms with Crippen molar-refractivity contribution >= 4 is 34.9 Å². The summed E-state index contributed by atoms with van der Waals surface area (Å²) in [5.74, 6) is -0.395. The second-order valence-electron chi connectivity index (χ2n) is 5.94. The summed E-state index contributed by atoms with van der Waals surface area (Å²) in [5.41, 5.74) is 0.0399. The van der Waals surface area contributed by atoms with Crippen molar-refractivity contribution in [3.05, 3.63) is 46.7 Å². The summed E-state index contributed by atoms with van der Waals surface area (Å²) in [6.07, 6.45) is 0. The maximum absolute atomic E-state index is 12.7. The van der Waals surface area contributed by atoms with Gasteiger partial charge >= 0.3 is 6.03 Å². The number of hydrogen-bond acceptors (Lipinski definition) is 5. The van der Waals surface area contributed by atoms with E-state index in [2.05, 4.69) is 10.6 Å². The number of nitrogens with one attached hydrogen (secondary N) is 2. The predicted octanol–water partition coefficient (Wildman–Crippen LogP) is 2.55. The zero-order valence-electron chi connectivity index (χ0n) is 14.4. The maximum Gasteiger partial charge on any atom is 0.325 e. The highest BCUT2D eigenvalue weighted by Gasteiger charge is 2.49. The lowest BCUT2D eigenvalue weighted by Gasteiger charge is -2.20. The first-order valence-electron chi connectivity index (χ1n) is 8.14. The van der Waals surface area contributed by atoms with Gasteiger partial charge in [0.05, 0.1) is 12.3 Å². The third kappa shape index (κ3) is 3.28. The van der Waals surface area contributed by atoms with E-state index in [4.69, 9.17) is 4.74 Å². The quantitative estimate of drug-likeness (QED) is 0.762. The van der Waals surface area contributed by atoms with E-state index in [9.17, 15) is 14.4 Å². The van der Waals surface area contributed by atoms with Gasteiger partial charge in [0, 0.05) is 0 Å². The molecule has 1 aromatic heterocycles. The van der Waals surface area contributed by atoms with Gasteiger partial charge in [-0.3, -0.25) is 14.5 Å². The van der Waals surface area contributed by atoms with Crippen LogP contribution < -0.4 is 15.4 Å². The highest BCUT2D eigenvalue weighted by molar-refractivity contribution is 7.08. The Morgan fingerprint density at radius 2 is 2.08 bits per heavy atom. The molecule has 7 nitrogen and oxygen atoms in total. The Kier molecular flexibility index (Phi) is 4.94. The number of rotatable bonds is 6. The van der Waals surface area contributed by atoms with Crippen LogP contribution in [0.25, 0.3) is 0 Å². The van der Waals surface area contributed by atoms with Crippen LogP contribution in [0.4, 0.5) is 10.5 Å². The van der Waals surface area contributed by atoms with Crippen LogP contribution in [0.5, 0.6) is 5.75 Å². The fourth-order valence-corrected chi connectivity index (χ4v) is 3.53. The SMILES string of the molecule is CCOc1ccccc1NC(=O)CN1C(=O)NC(C)(c2ccsc2)C1=O. The average molecular weight is 373 g/mol. The fourth-order valence-electron chi connectivity index (χ4n) is 2.77. The molecule has 136 valence electrons. The number of imide groups is 1. The van der Waals surface area contributed by atoms with Gasteiger partial charge in [0.15, 0.2) is 0 Å². The summed E-state index contributed by atoms with van der Waals surface area (Å²) in [7, 11) is 0. The van der Waals surface area contributed by atoms with Gasteiger partial charge in [0.25, 0.3) is 5.91 Å². The number of urea groups is 1. The largest absolute Gasteiger partial charge is 0.492 e. The molecule has 1 saturated heterocycles. The van der Waals surface area contributed by atoms with Gasteiger partial charge in [-0.25, -0.2) is 4.79 Å². The molecule has 0 spiro atoms. The second kappa shape index (κ2) is 7.17. The number of ether oxygens (including phenoxy) is 1. The van der Waals surface area contributed by atoms with E-state index < -0.39 is 23.4 Å². The number of carbonyl (C=O) groups excluding carboxylic acids is 3. The Hall–Kier alpha value is -2.87. The van der Waals surface area contributed by atoms with E-state index in [1.807, 2.05) is 12.3 Å². The molecular weight excluding hydrogens is 354 g/mol. The summed E-state index contributed by atoms with van der Waals surface area (Å²) < 4.78 is 5.46. The molecule has 0 aliphatic carbocycles. The molecule has 0 radical (unpaired) electrons. The minimum atomic E-state index is -1.15. The zero-order valence-corrected chi connectivity index (χ0v) is 15.3. The number of benzene rings is 1. The summed E-state index contributed by atoms with van der Waals surface area (Å²) in [4.78, 5) is 38.3. The fraction of sp³-hybridized carbons (Fsp3) is 0.278. The smallest absolute Gasteiger partial charge is 0.325 e. The zero-order chi connectivity index (χ0) is 18.7. The summed E-state index contributed by atoms with van der Waals surface area (Å²) in [6.45, 7) is 3.57. The first kappa shape index (κ1) is 17.9. The molecule has 1 fully saturated rings. The molecule has 26 heavy (non-hydrogen) atoms. The van der Waals surface area contributed by atoms with Crippen molar-refractivity contribution in [2.24, 2.45) is 0 Å². The Morgan fingerprint density at radius 1 is 1.31 bits per heavy atom. The van der Waals surface area contributed by atoms with Gasteiger partial charge in [-0.2, -0.15) is 11.3 Å². The molecular formula is C18H19N3O4S. The van der Waals surface area contributed by atoms with E-state index in [1.165, 1.54) is 11.3 Å². The van der Waals surface area contributed by atoms with Crippen LogP contribution in [0.3, 0.4) is 0 Å². The minimum Gasteiger partial charge on any atom is -0.492 e. The van der Waals surface area contributed by atoms with E-state index in [1.54, 1.807) is 42.6 Å². The van der Waals surface area contributed by atoms with E-state index in [-0.39, 0.29) is 6.54 Å². The van der Waals surface area contributed by atoms with Crippen LogP contribution in [0.2, 0.25) is 0 Å². The van der Waals surface area contributed by atoms with Crippen molar-refractivity contribution in [3.8, 4) is 5.75 Å². The summed E-state index contributed by atoms with van der Waals surface area (Å²) >= 11 is 1.44. The highest BCUT2D eigenvalue weighted by Crippen LogP contribution is 2.30. The molecule has 0 saturated carbocycles. The van der Waals surface area contributed by atoms with Gasteiger partial charge in [0.2, 0.25) is 5.91 Å². The van der Waals surface area contributed by atoms with Crippen LogP contribution in [-0.4, -0.2) is 35.9 Å². The number of nitrogens with zero attached hydrogens (tertiary/aromatic N) is 1. The number of thiophene rings is 1. The highest BCUT2D eigenvalue weighted by atomic mass is 32.1. The van der Waals surface area contributed by atoms with Gasteiger partial charge < -0.3 is 15.4 Å². The third-order valence-corrected chi connectivity index (χ3v) is 4.82. The van der Waals surface area contributed by atoms with E-state index in [0.717, 1.165) is 4.90 Å². The Labute approximate surface area is 155 Å². The maximum atomic E-state index is 12.7. The Morgan fingerprint density at radius 3 is 2.77 bits per heavy atom. The third-order valence-electron chi connectivity index (χ3n) is 4.14. The normalized spacial score (nSPS) is 19.4. The lowest BCUT2D eigenvalue weighted by molar-refractivity contribution is -0.133. The molecule has 8 heteroatoms. The average Bonchev–Trinajstić information content (AvgIpc) is 3.22. The van der Waals surface area contributed by atoms with Crippen LogP contribution in [0.1, 0.15) is 19.4 Å². The molecule has 1 aromatic carbocycles. The first-order chi connectivity index (χ1) is 12.5. The molecule has 2 N–H and O–H groups in total. The molecule has 1 aliphatic heterocycles. The van der Waals surface area contributed by atoms with Crippen molar-refractivity contribution in [3.63, 3.8) is 0 Å². The van der Waals surface area contributed by atoms with Crippen molar-refractivity contribution in [2.75, 3.05) is 18.5 Å². The molecule has 3 rings (SSSR count). The molecule has 1 aliphatic rings. The molecule has 1 atom stereocenters. The van der Waals surface area contributed by atoms with Gasteiger partial charge in [-0.05, 0) is 48.4 Å². The van der Waals surface area contributed by atoms with Crippen molar-refractivity contribution in [2.45, 2.75) is 19.4 Å². The number of hydrogen-bond donors (Lipinski definition) is 2. The molecule has 2 aromatic rings. The first-order valence-corrected chi connectivity index (χ1v) is 9.08. The monoisotopic (exact) mass is 373 g/mol. The topological polar surface area (TPSA) is 87.7 Å². The van der Waals surface area contributed by atoms with E-state index in [0.29, 0.717) is 23.6 Å². The standard InChI is InChI=1S/C18H19N3O4S/c1-3-25-14-7-5-4-6-13(14)19-15(22)10-21-16(23)18(2,20-17(21)24)12-8-9-26-11-12/h4-9,11H,3,10H2,1-2H3,(H,19,22)(H,20,24). The minimum absolute atomic E-state index is 0.370. The Balaban J connectivity index is 1.72. The number of anilines is 1.